The monoisotopic (exact) mass is 352 g/mol. The van der Waals surface area contributed by atoms with Crippen molar-refractivity contribution < 1.29 is 18.0 Å². The highest BCUT2D eigenvalue weighted by atomic mass is 35.5. The van der Waals surface area contributed by atoms with Crippen molar-refractivity contribution in [1.29, 1.82) is 5.26 Å². The van der Waals surface area contributed by atoms with Crippen LogP contribution >= 0.6 is 11.6 Å². The summed E-state index contributed by atoms with van der Waals surface area (Å²) in [4.78, 5) is 5.19. The van der Waals surface area contributed by atoms with Crippen molar-refractivity contribution in [3.05, 3.63) is 64.2 Å². The van der Waals surface area contributed by atoms with Gasteiger partial charge in [-0.2, -0.15) is 18.4 Å². The van der Waals surface area contributed by atoms with Gasteiger partial charge in [-0.05, 0) is 48.9 Å². The Labute approximate surface area is 141 Å². The van der Waals surface area contributed by atoms with Crippen molar-refractivity contribution in [2.45, 2.75) is 19.5 Å². The van der Waals surface area contributed by atoms with Crippen LogP contribution in [0, 0.1) is 11.3 Å². The average Bonchev–Trinajstić information content (AvgIpc) is 2.55. The fourth-order valence-corrected chi connectivity index (χ4v) is 2.18. The minimum absolute atomic E-state index is 0.119. The van der Waals surface area contributed by atoms with Crippen molar-refractivity contribution in [2.75, 3.05) is 0 Å². The van der Waals surface area contributed by atoms with E-state index < -0.39 is 11.7 Å². The molecule has 0 amide bonds. The number of halogens is 4. The molecule has 0 aliphatic heterocycles. The standard InChI is InChI=1S/C17H12ClF3N2O/c1-2-16(23-24-13-6-3-11(10-22)4-7-13)14-9-12(18)5-8-15(14)17(19,20)21/h3-9H,2H2,1H3. The number of hydrogen-bond acceptors (Lipinski definition) is 3. The van der Waals surface area contributed by atoms with Crippen LogP contribution in [0.4, 0.5) is 13.2 Å². The molecule has 0 heterocycles. The van der Waals surface area contributed by atoms with Gasteiger partial charge in [0.1, 0.15) is 0 Å². The lowest BCUT2D eigenvalue weighted by molar-refractivity contribution is -0.137. The number of nitrogens with zero attached hydrogens (tertiary/aromatic N) is 2. The molecule has 0 N–H and O–H groups in total. The van der Waals surface area contributed by atoms with Gasteiger partial charge in [-0.25, -0.2) is 0 Å². The highest BCUT2D eigenvalue weighted by molar-refractivity contribution is 6.31. The molecule has 0 saturated carbocycles. The van der Waals surface area contributed by atoms with Crippen molar-refractivity contribution in [1.82, 2.24) is 0 Å². The van der Waals surface area contributed by atoms with Gasteiger partial charge >= 0.3 is 6.18 Å². The summed E-state index contributed by atoms with van der Waals surface area (Å²) in [6.07, 6.45) is -4.30. The molecule has 2 aromatic rings. The summed E-state index contributed by atoms with van der Waals surface area (Å²) in [5, 5.41) is 12.7. The molecule has 0 radical (unpaired) electrons. The van der Waals surface area contributed by atoms with E-state index in [1.165, 1.54) is 36.4 Å². The molecule has 124 valence electrons. The van der Waals surface area contributed by atoms with Gasteiger partial charge in [-0.1, -0.05) is 23.7 Å². The minimum Gasteiger partial charge on any atom is -0.357 e. The topological polar surface area (TPSA) is 45.4 Å². The molecule has 24 heavy (non-hydrogen) atoms. The molecular weight excluding hydrogens is 341 g/mol. The van der Waals surface area contributed by atoms with Crippen molar-refractivity contribution in [3.63, 3.8) is 0 Å². The normalized spacial score (nSPS) is 11.9. The lowest BCUT2D eigenvalue weighted by Crippen LogP contribution is -2.14. The van der Waals surface area contributed by atoms with Crippen molar-refractivity contribution >= 4 is 17.3 Å². The Morgan fingerprint density at radius 3 is 2.42 bits per heavy atom. The zero-order valence-electron chi connectivity index (χ0n) is 12.6. The second kappa shape index (κ2) is 7.37. The van der Waals surface area contributed by atoms with E-state index in [1.54, 1.807) is 6.92 Å². The predicted octanol–water partition coefficient (Wildman–Crippen LogP) is 5.42. The van der Waals surface area contributed by atoms with Crippen LogP contribution in [0.25, 0.3) is 0 Å². The quantitative estimate of drug-likeness (QED) is 0.544. The van der Waals surface area contributed by atoms with Crippen LogP contribution in [0.3, 0.4) is 0 Å². The number of hydrogen-bond donors (Lipinski definition) is 0. The first-order valence-corrected chi connectivity index (χ1v) is 7.34. The SMILES string of the molecule is CCC(=NOc1ccc(C#N)cc1)c1cc(Cl)ccc1C(F)(F)F. The fraction of sp³-hybridized carbons (Fsp3) is 0.176. The molecular formula is C17H12ClF3N2O. The van der Waals surface area contributed by atoms with E-state index >= 15 is 0 Å². The van der Waals surface area contributed by atoms with E-state index in [-0.39, 0.29) is 22.7 Å². The maximum absolute atomic E-state index is 13.2. The van der Waals surface area contributed by atoms with Gasteiger partial charge in [-0.15, -0.1) is 0 Å². The van der Waals surface area contributed by atoms with E-state index in [0.717, 1.165) is 6.07 Å². The van der Waals surface area contributed by atoms with Crippen LogP contribution in [0.15, 0.2) is 47.6 Å². The van der Waals surface area contributed by atoms with E-state index in [1.807, 2.05) is 6.07 Å². The molecule has 3 nitrogen and oxygen atoms in total. The maximum atomic E-state index is 13.2. The van der Waals surface area contributed by atoms with Gasteiger partial charge < -0.3 is 4.84 Å². The third-order valence-electron chi connectivity index (χ3n) is 3.18. The summed E-state index contributed by atoms with van der Waals surface area (Å²) >= 11 is 5.82. The van der Waals surface area contributed by atoms with Crippen LogP contribution < -0.4 is 4.84 Å². The molecule has 0 aliphatic carbocycles. The van der Waals surface area contributed by atoms with Gasteiger partial charge in [0, 0.05) is 10.6 Å². The Hall–Kier alpha value is -2.52. The van der Waals surface area contributed by atoms with Crippen LogP contribution in [0.5, 0.6) is 5.75 Å². The Morgan fingerprint density at radius 1 is 1.21 bits per heavy atom. The molecule has 0 unspecified atom stereocenters. The summed E-state index contributed by atoms with van der Waals surface area (Å²) < 4.78 is 39.5. The van der Waals surface area contributed by atoms with E-state index in [0.29, 0.717) is 11.3 Å². The lowest BCUT2D eigenvalue weighted by Gasteiger charge is -2.14. The number of rotatable bonds is 4. The third-order valence-corrected chi connectivity index (χ3v) is 3.41. The van der Waals surface area contributed by atoms with E-state index in [2.05, 4.69) is 5.16 Å². The summed E-state index contributed by atoms with van der Waals surface area (Å²) in [7, 11) is 0. The summed E-state index contributed by atoms with van der Waals surface area (Å²) in [6, 6.07) is 11.4. The zero-order valence-corrected chi connectivity index (χ0v) is 13.3. The second-order valence-corrected chi connectivity index (χ2v) is 5.24. The first-order valence-electron chi connectivity index (χ1n) is 6.96. The Morgan fingerprint density at radius 2 is 1.88 bits per heavy atom. The molecule has 0 fully saturated rings. The Balaban J connectivity index is 2.37. The van der Waals surface area contributed by atoms with E-state index in [4.69, 9.17) is 21.7 Å². The summed E-state index contributed by atoms with van der Waals surface area (Å²) in [6.45, 7) is 1.67. The van der Waals surface area contributed by atoms with Gasteiger partial charge in [0.2, 0.25) is 0 Å². The molecule has 2 rings (SSSR count). The Bertz CT molecular complexity index is 793. The molecule has 0 aromatic heterocycles. The summed E-state index contributed by atoms with van der Waals surface area (Å²) in [5.41, 5.74) is -0.382. The first-order chi connectivity index (χ1) is 11.3. The molecule has 7 heteroatoms. The first kappa shape index (κ1) is 17.8. The van der Waals surface area contributed by atoms with Crippen LogP contribution in [-0.4, -0.2) is 5.71 Å². The average molecular weight is 353 g/mol. The third kappa shape index (κ3) is 4.27. The second-order valence-electron chi connectivity index (χ2n) is 4.81. The molecule has 0 saturated heterocycles. The molecule has 0 aliphatic rings. The highest BCUT2D eigenvalue weighted by Crippen LogP contribution is 2.34. The summed E-state index contributed by atoms with van der Waals surface area (Å²) in [5.74, 6) is 0.315. The van der Waals surface area contributed by atoms with Crippen molar-refractivity contribution in [3.8, 4) is 11.8 Å². The Kier molecular flexibility index (Phi) is 5.47. The number of alkyl halides is 3. The van der Waals surface area contributed by atoms with Crippen molar-refractivity contribution in [2.24, 2.45) is 5.16 Å². The highest BCUT2D eigenvalue weighted by Gasteiger charge is 2.34. The molecule has 0 spiro atoms. The van der Waals surface area contributed by atoms with Gasteiger partial charge in [0.05, 0.1) is 22.9 Å². The fourth-order valence-electron chi connectivity index (χ4n) is 2.00. The van der Waals surface area contributed by atoms with Gasteiger partial charge in [-0.3, -0.25) is 0 Å². The smallest absolute Gasteiger partial charge is 0.357 e. The van der Waals surface area contributed by atoms with E-state index in [9.17, 15) is 13.2 Å². The number of nitriles is 1. The predicted molar refractivity (Wildman–Crippen MR) is 85.1 cm³/mol. The zero-order chi connectivity index (χ0) is 17.7. The van der Waals surface area contributed by atoms with Crippen LogP contribution in [-0.2, 0) is 6.18 Å². The minimum atomic E-state index is -4.52. The van der Waals surface area contributed by atoms with Gasteiger partial charge in [0.25, 0.3) is 0 Å². The number of benzene rings is 2. The number of oxime groups is 1. The molecule has 2 aromatic carbocycles. The molecule has 0 bridgehead atoms. The lowest BCUT2D eigenvalue weighted by atomic mass is 10.0. The maximum Gasteiger partial charge on any atom is 0.417 e. The largest absolute Gasteiger partial charge is 0.417 e. The molecule has 0 atom stereocenters. The van der Waals surface area contributed by atoms with Crippen LogP contribution in [0.1, 0.15) is 30.0 Å². The van der Waals surface area contributed by atoms with Gasteiger partial charge in [0.15, 0.2) is 5.75 Å². The van der Waals surface area contributed by atoms with Crippen LogP contribution in [0.2, 0.25) is 5.02 Å².